The number of hydrogen-bond acceptors (Lipinski definition) is 7. The molecule has 1 atom stereocenters. The Labute approximate surface area is 196 Å². The molecule has 3 aromatic rings. The van der Waals surface area contributed by atoms with Gasteiger partial charge in [-0.25, -0.2) is 14.5 Å². The Morgan fingerprint density at radius 1 is 1.26 bits per heavy atom. The van der Waals surface area contributed by atoms with E-state index in [1.165, 1.54) is 18.3 Å². The summed E-state index contributed by atoms with van der Waals surface area (Å²) in [6.45, 7) is 3.32. The van der Waals surface area contributed by atoms with E-state index in [1.54, 1.807) is 16.7 Å². The Bertz CT molecular complexity index is 1250. The van der Waals surface area contributed by atoms with Crippen molar-refractivity contribution < 1.29 is 27.1 Å². The zero-order valence-electron chi connectivity index (χ0n) is 18.8. The van der Waals surface area contributed by atoms with E-state index in [4.69, 9.17) is 4.74 Å². The van der Waals surface area contributed by atoms with Gasteiger partial charge in [0.25, 0.3) is 5.56 Å². The fourth-order valence-corrected chi connectivity index (χ4v) is 3.96. The highest BCUT2D eigenvalue weighted by Crippen LogP contribution is 2.33. The molecule has 14 heteroatoms. The first-order valence-electron chi connectivity index (χ1n) is 10.9. The first-order valence-corrected chi connectivity index (χ1v) is 10.9. The molecule has 0 spiro atoms. The molecule has 1 saturated heterocycles. The zero-order valence-corrected chi connectivity index (χ0v) is 18.8. The molecule has 1 N–H and O–H groups in total. The molecule has 1 amide bonds. The number of halogens is 4. The third-order valence-corrected chi connectivity index (χ3v) is 5.70. The SMILES string of the molecule is CC(COCCC(=O)N1CCN(c2ncccc2F)CC1)n1nc(C(F)(F)F)c2c(=O)[nH]ncc21. The van der Waals surface area contributed by atoms with E-state index in [9.17, 15) is 27.2 Å². The topological polar surface area (TPSA) is 109 Å². The fraction of sp³-hybridized carbons (Fsp3) is 0.476. The summed E-state index contributed by atoms with van der Waals surface area (Å²) in [4.78, 5) is 31.9. The average molecular weight is 497 g/mol. The van der Waals surface area contributed by atoms with Crippen LogP contribution in [0.4, 0.5) is 23.4 Å². The Balaban J connectivity index is 1.29. The van der Waals surface area contributed by atoms with Gasteiger partial charge in [0, 0.05) is 32.4 Å². The van der Waals surface area contributed by atoms with Crippen LogP contribution in [0.25, 0.3) is 10.9 Å². The number of hydrogen-bond donors (Lipinski definition) is 1. The number of piperazine rings is 1. The predicted octanol–water partition coefficient (Wildman–Crippen LogP) is 1.99. The maximum Gasteiger partial charge on any atom is 0.435 e. The van der Waals surface area contributed by atoms with Crippen molar-refractivity contribution in [2.75, 3.05) is 44.3 Å². The molecule has 0 saturated carbocycles. The van der Waals surface area contributed by atoms with Crippen molar-refractivity contribution in [1.29, 1.82) is 0 Å². The summed E-state index contributed by atoms with van der Waals surface area (Å²) in [5.41, 5.74) is -2.33. The van der Waals surface area contributed by atoms with Crippen molar-refractivity contribution in [3.05, 3.63) is 46.4 Å². The van der Waals surface area contributed by atoms with Crippen LogP contribution in [0.3, 0.4) is 0 Å². The summed E-state index contributed by atoms with van der Waals surface area (Å²) in [5.74, 6) is -0.296. The number of ether oxygens (including phenoxy) is 1. The average Bonchev–Trinajstić information content (AvgIpc) is 3.24. The van der Waals surface area contributed by atoms with E-state index in [-0.39, 0.29) is 36.9 Å². The van der Waals surface area contributed by atoms with Crippen LogP contribution in [-0.2, 0) is 15.7 Å². The van der Waals surface area contributed by atoms with Crippen molar-refractivity contribution in [2.45, 2.75) is 25.6 Å². The normalized spacial score (nSPS) is 15.6. The molecule has 1 aliphatic heterocycles. The van der Waals surface area contributed by atoms with Crippen LogP contribution >= 0.6 is 0 Å². The van der Waals surface area contributed by atoms with E-state index in [0.717, 1.165) is 10.9 Å². The van der Waals surface area contributed by atoms with Gasteiger partial charge in [-0.15, -0.1) is 0 Å². The predicted molar refractivity (Wildman–Crippen MR) is 116 cm³/mol. The lowest BCUT2D eigenvalue weighted by Gasteiger charge is -2.35. The molecular formula is C21H23F4N7O3. The van der Waals surface area contributed by atoms with E-state index in [2.05, 4.69) is 15.2 Å². The third-order valence-electron chi connectivity index (χ3n) is 5.70. The van der Waals surface area contributed by atoms with Gasteiger partial charge >= 0.3 is 6.18 Å². The molecule has 1 fully saturated rings. The minimum absolute atomic E-state index is 0.0269. The molecule has 0 radical (unpaired) electrons. The monoisotopic (exact) mass is 497 g/mol. The summed E-state index contributed by atoms with van der Waals surface area (Å²) in [6, 6.07) is 2.20. The van der Waals surface area contributed by atoms with Crippen molar-refractivity contribution in [3.8, 4) is 0 Å². The molecule has 4 rings (SSSR count). The van der Waals surface area contributed by atoms with Crippen LogP contribution in [0.5, 0.6) is 0 Å². The standard InChI is InChI=1S/C21H23F4N7O3/c1-13(32-15-11-27-28-20(34)17(15)18(29-32)21(23,24)25)12-35-10-4-16(33)30-6-8-31(9-7-30)19-14(22)3-2-5-26-19/h2-3,5,11,13H,4,6-10,12H2,1H3,(H,28,34). The number of nitrogens with one attached hydrogen (secondary N) is 1. The van der Waals surface area contributed by atoms with Gasteiger partial charge in [0.1, 0.15) is 5.39 Å². The number of rotatable bonds is 7. The van der Waals surface area contributed by atoms with E-state index in [1.807, 2.05) is 5.10 Å². The second-order valence-electron chi connectivity index (χ2n) is 8.10. The second-order valence-corrected chi connectivity index (χ2v) is 8.10. The largest absolute Gasteiger partial charge is 0.435 e. The van der Waals surface area contributed by atoms with Crippen molar-refractivity contribution in [3.63, 3.8) is 0 Å². The second kappa shape index (κ2) is 9.98. The van der Waals surface area contributed by atoms with Crippen LogP contribution in [-0.4, -0.2) is 75.2 Å². The molecule has 10 nitrogen and oxygen atoms in total. The van der Waals surface area contributed by atoms with E-state index < -0.39 is 34.7 Å². The van der Waals surface area contributed by atoms with Gasteiger partial charge in [-0.2, -0.15) is 23.4 Å². The number of pyridine rings is 1. The Kier molecular flexibility index (Phi) is 7.00. The van der Waals surface area contributed by atoms with Gasteiger partial charge in [0.2, 0.25) is 5.91 Å². The molecule has 35 heavy (non-hydrogen) atoms. The van der Waals surface area contributed by atoms with Crippen LogP contribution in [0.2, 0.25) is 0 Å². The number of fused-ring (bicyclic) bond motifs is 1. The Morgan fingerprint density at radius 2 is 2.00 bits per heavy atom. The number of alkyl halides is 3. The lowest BCUT2D eigenvalue weighted by atomic mass is 10.2. The van der Waals surface area contributed by atoms with E-state index >= 15 is 0 Å². The van der Waals surface area contributed by atoms with Gasteiger partial charge < -0.3 is 14.5 Å². The van der Waals surface area contributed by atoms with Crippen LogP contribution < -0.4 is 10.5 Å². The van der Waals surface area contributed by atoms with Gasteiger partial charge in [-0.05, 0) is 19.1 Å². The van der Waals surface area contributed by atoms with Gasteiger partial charge in [-0.3, -0.25) is 14.3 Å². The third kappa shape index (κ3) is 5.26. The molecule has 1 unspecified atom stereocenters. The first kappa shape index (κ1) is 24.6. The van der Waals surface area contributed by atoms with Gasteiger partial charge in [0.15, 0.2) is 17.3 Å². The molecule has 1 aliphatic rings. The number of amides is 1. The minimum atomic E-state index is -4.81. The molecule has 4 heterocycles. The van der Waals surface area contributed by atoms with Crippen LogP contribution in [0, 0.1) is 5.82 Å². The number of anilines is 1. The van der Waals surface area contributed by atoms with Crippen LogP contribution in [0.15, 0.2) is 29.3 Å². The highest BCUT2D eigenvalue weighted by molar-refractivity contribution is 5.80. The summed E-state index contributed by atoms with van der Waals surface area (Å²) in [7, 11) is 0. The maximum absolute atomic E-state index is 13.9. The molecule has 0 bridgehead atoms. The summed E-state index contributed by atoms with van der Waals surface area (Å²) < 4.78 is 60.5. The number of carbonyl (C=O) groups excluding carboxylic acids is 1. The molecule has 0 aromatic carbocycles. The quantitative estimate of drug-likeness (QED) is 0.393. The number of aromatic nitrogens is 5. The molecular weight excluding hydrogens is 474 g/mol. The Hall–Kier alpha value is -3.55. The lowest BCUT2D eigenvalue weighted by Crippen LogP contribution is -2.49. The highest BCUT2D eigenvalue weighted by Gasteiger charge is 2.38. The van der Waals surface area contributed by atoms with Gasteiger partial charge in [0.05, 0.1) is 37.4 Å². The van der Waals surface area contributed by atoms with Crippen molar-refractivity contribution >= 4 is 22.6 Å². The minimum Gasteiger partial charge on any atom is -0.379 e. The summed E-state index contributed by atoms with van der Waals surface area (Å²) >= 11 is 0. The number of H-pyrrole nitrogens is 1. The lowest BCUT2D eigenvalue weighted by molar-refractivity contribution is -0.140. The summed E-state index contributed by atoms with van der Waals surface area (Å²) in [6.07, 6.45) is -2.11. The zero-order chi connectivity index (χ0) is 25.2. The van der Waals surface area contributed by atoms with Gasteiger partial charge in [-0.1, -0.05) is 0 Å². The number of aromatic amines is 1. The molecule has 0 aliphatic carbocycles. The summed E-state index contributed by atoms with van der Waals surface area (Å²) in [5, 5.41) is 8.56. The maximum atomic E-state index is 13.9. The number of carbonyl (C=O) groups is 1. The number of nitrogens with zero attached hydrogens (tertiary/aromatic N) is 6. The molecule has 188 valence electrons. The van der Waals surface area contributed by atoms with Crippen LogP contribution in [0.1, 0.15) is 25.1 Å². The first-order chi connectivity index (χ1) is 16.7. The molecule has 3 aromatic heterocycles. The van der Waals surface area contributed by atoms with Crippen molar-refractivity contribution in [2.24, 2.45) is 0 Å². The fourth-order valence-electron chi connectivity index (χ4n) is 3.96. The smallest absolute Gasteiger partial charge is 0.379 e. The Morgan fingerprint density at radius 3 is 2.69 bits per heavy atom. The van der Waals surface area contributed by atoms with E-state index in [0.29, 0.717) is 26.2 Å². The highest BCUT2D eigenvalue weighted by atomic mass is 19.4. The van der Waals surface area contributed by atoms with Crippen molar-refractivity contribution in [1.82, 2.24) is 29.9 Å².